The van der Waals surface area contributed by atoms with Gasteiger partial charge >= 0.3 is 0 Å². The second kappa shape index (κ2) is 6.46. The van der Waals surface area contributed by atoms with Crippen molar-refractivity contribution in [2.75, 3.05) is 20.3 Å². The molecule has 0 saturated heterocycles. The first-order valence-electron chi connectivity index (χ1n) is 7.29. The second-order valence-electron chi connectivity index (χ2n) is 5.10. The van der Waals surface area contributed by atoms with Crippen molar-refractivity contribution in [2.45, 2.75) is 44.8 Å². The minimum absolute atomic E-state index is 0.434. The second-order valence-corrected chi connectivity index (χ2v) is 5.10. The van der Waals surface area contributed by atoms with Crippen LogP contribution in [-0.2, 0) is 4.74 Å². The van der Waals surface area contributed by atoms with Crippen molar-refractivity contribution in [3.8, 4) is 11.5 Å². The molecule has 0 amide bonds. The van der Waals surface area contributed by atoms with Gasteiger partial charge in [0.25, 0.3) is 0 Å². The Morgan fingerprint density at radius 3 is 2.30 bits per heavy atom. The quantitative estimate of drug-likeness (QED) is 0.834. The maximum atomic E-state index is 10.6. The molecule has 1 aromatic rings. The van der Waals surface area contributed by atoms with Crippen LogP contribution in [-0.4, -0.2) is 31.0 Å². The summed E-state index contributed by atoms with van der Waals surface area (Å²) in [5, 5.41) is 10.6. The first-order chi connectivity index (χ1) is 9.66. The molecule has 1 atom stereocenters. The highest BCUT2D eigenvalue weighted by atomic mass is 16.5. The van der Waals surface area contributed by atoms with E-state index in [9.17, 15) is 5.11 Å². The molecule has 1 fully saturated rings. The van der Waals surface area contributed by atoms with Crippen LogP contribution in [0, 0.1) is 0 Å². The van der Waals surface area contributed by atoms with Crippen LogP contribution in [0.1, 0.15) is 44.8 Å². The largest absolute Gasteiger partial charge is 0.490 e. The zero-order chi connectivity index (χ0) is 14.6. The average molecular weight is 280 g/mol. The molecule has 0 radical (unpaired) electrons. The maximum absolute atomic E-state index is 10.6. The molecule has 1 saturated carbocycles. The molecule has 1 unspecified atom stereocenters. The fraction of sp³-hybridized carbons (Fsp3) is 0.625. The Balaban J connectivity index is 2.25. The number of methoxy groups -OCH3 is 1. The van der Waals surface area contributed by atoms with Gasteiger partial charge in [0, 0.05) is 7.11 Å². The molecule has 1 N–H and O–H groups in total. The third kappa shape index (κ3) is 2.76. The van der Waals surface area contributed by atoms with Crippen molar-refractivity contribution in [1.82, 2.24) is 0 Å². The summed E-state index contributed by atoms with van der Waals surface area (Å²) < 4.78 is 16.7. The highest BCUT2D eigenvalue weighted by Crippen LogP contribution is 2.46. The van der Waals surface area contributed by atoms with Crippen LogP contribution in [0.25, 0.3) is 0 Å². The third-order valence-corrected chi connectivity index (χ3v) is 3.99. The van der Waals surface area contributed by atoms with Gasteiger partial charge in [-0.25, -0.2) is 0 Å². The van der Waals surface area contributed by atoms with E-state index < -0.39 is 11.7 Å². The predicted octanol–water partition coefficient (Wildman–Crippen LogP) is 3.09. The van der Waals surface area contributed by atoms with Crippen molar-refractivity contribution in [3.05, 3.63) is 23.8 Å². The lowest BCUT2D eigenvalue weighted by Crippen LogP contribution is -2.45. The van der Waals surface area contributed by atoms with E-state index in [4.69, 9.17) is 14.2 Å². The van der Waals surface area contributed by atoms with Crippen LogP contribution < -0.4 is 9.47 Å². The van der Waals surface area contributed by atoms with Gasteiger partial charge in [-0.15, -0.1) is 0 Å². The van der Waals surface area contributed by atoms with Crippen LogP contribution in [0.3, 0.4) is 0 Å². The Morgan fingerprint density at radius 2 is 1.80 bits per heavy atom. The van der Waals surface area contributed by atoms with Crippen LogP contribution in [0.5, 0.6) is 11.5 Å². The number of hydrogen-bond acceptors (Lipinski definition) is 4. The molecule has 4 nitrogen and oxygen atoms in total. The fourth-order valence-corrected chi connectivity index (χ4v) is 2.66. The Kier molecular flexibility index (Phi) is 4.89. The highest BCUT2D eigenvalue weighted by molar-refractivity contribution is 5.44. The molecule has 2 rings (SSSR count). The summed E-state index contributed by atoms with van der Waals surface area (Å²) in [6, 6.07) is 5.60. The first-order valence-corrected chi connectivity index (χ1v) is 7.29. The monoisotopic (exact) mass is 280 g/mol. The SMILES string of the molecule is CCOc1ccc(C(O)C2(OC)CCC2)cc1OCC. The maximum Gasteiger partial charge on any atom is 0.161 e. The van der Waals surface area contributed by atoms with Crippen molar-refractivity contribution in [1.29, 1.82) is 0 Å². The zero-order valence-corrected chi connectivity index (χ0v) is 12.5. The molecular formula is C16H24O4. The summed E-state index contributed by atoms with van der Waals surface area (Å²) >= 11 is 0. The van der Waals surface area contributed by atoms with Crippen LogP contribution in [0.2, 0.25) is 0 Å². The van der Waals surface area contributed by atoms with Gasteiger partial charge in [-0.2, -0.15) is 0 Å². The van der Waals surface area contributed by atoms with Crippen LogP contribution in [0.4, 0.5) is 0 Å². The Bertz CT molecular complexity index is 435. The van der Waals surface area contributed by atoms with E-state index in [-0.39, 0.29) is 0 Å². The Morgan fingerprint density at radius 1 is 1.15 bits per heavy atom. The van der Waals surface area contributed by atoms with Gasteiger partial charge in [0.05, 0.1) is 18.8 Å². The molecule has 1 aromatic carbocycles. The normalized spacial score (nSPS) is 18.2. The van der Waals surface area contributed by atoms with Crippen molar-refractivity contribution >= 4 is 0 Å². The van der Waals surface area contributed by atoms with Gasteiger partial charge in [-0.1, -0.05) is 6.07 Å². The van der Waals surface area contributed by atoms with Crippen molar-refractivity contribution in [2.24, 2.45) is 0 Å². The molecule has 20 heavy (non-hydrogen) atoms. The molecule has 0 heterocycles. The summed E-state index contributed by atoms with van der Waals surface area (Å²) in [5.41, 5.74) is 0.384. The van der Waals surface area contributed by atoms with E-state index in [2.05, 4.69) is 0 Å². The van der Waals surface area contributed by atoms with E-state index >= 15 is 0 Å². The average Bonchev–Trinajstić information content (AvgIpc) is 2.40. The lowest BCUT2D eigenvalue weighted by atomic mass is 9.73. The number of ether oxygens (including phenoxy) is 3. The minimum atomic E-state index is -0.629. The molecule has 0 aliphatic heterocycles. The number of hydrogen-bond donors (Lipinski definition) is 1. The summed E-state index contributed by atoms with van der Waals surface area (Å²) in [7, 11) is 1.67. The standard InChI is InChI=1S/C16H24O4/c1-4-19-13-8-7-12(11-14(13)20-5-2)15(17)16(18-3)9-6-10-16/h7-8,11,15,17H,4-6,9-10H2,1-3H3. The van der Waals surface area contributed by atoms with Gasteiger partial charge in [0.1, 0.15) is 6.10 Å². The van der Waals surface area contributed by atoms with Crippen molar-refractivity contribution < 1.29 is 19.3 Å². The molecule has 4 heteroatoms. The summed E-state index contributed by atoms with van der Waals surface area (Å²) in [6.07, 6.45) is 2.25. The van der Waals surface area contributed by atoms with E-state index in [1.54, 1.807) is 7.11 Å². The summed E-state index contributed by atoms with van der Waals surface area (Å²) in [4.78, 5) is 0. The molecule has 1 aliphatic carbocycles. The van der Waals surface area contributed by atoms with E-state index in [1.165, 1.54) is 0 Å². The highest BCUT2D eigenvalue weighted by Gasteiger charge is 2.44. The predicted molar refractivity (Wildman–Crippen MR) is 77.3 cm³/mol. The van der Waals surface area contributed by atoms with Crippen LogP contribution >= 0.6 is 0 Å². The number of aliphatic hydroxyl groups excluding tert-OH is 1. The number of rotatable bonds is 7. The van der Waals surface area contributed by atoms with Crippen LogP contribution in [0.15, 0.2) is 18.2 Å². The fourth-order valence-electron chi connectivity index (χ4n) is 2.66. The Hall–Kier alpha value is -1.26. The van der Waals surface area contributed by atoms with E-state index in [0.717, 1.165) is 24.8 Å². The van der Waals surface area contributed by atoms with Crippen molar-refractivity contribution in [3.63, 3.8) is 0 Å². The molecule has 112 valence electrons. The molecule has 0 spiro atoms. The Labute approximate surface area is 120 Å². The molecule has 1 aliphatic rings. The van der Waals surface area contributed by atoms with Gasteiger partial charge < -0.3 is 19.3 Å². The van der Waals surface area contributed by atoms with Gasteiger partial charge in [0.15, 0.2) is 11.5 Å². The summed E-state index contributed by atoms with van der Waals surface area (Å²) in [6.45, 7) is 5.02. The third-order valence-electron chi connectivity index (χ3n) is 3.99. The molecule has 0 bridgehead atoms. The lowest BCUT2D eigenvalue weighted by Gasteiger charge is -2.44. The van der Waals surface area contributed by atoms with E-state index in [1.807, 2.05) is 32.0 Å². The van der Waals surface area contributed by atoms with E-state index in [0.29, 0.717) is 24.7 Å². The van der Waals surface area contributed by atoms with Gasteiger partial charge in [-0.05, 0) is 50.8 Å². The zero-order valence-electron chi connectivity index (χ0n) is 12.5. The number of benzene rings is 1. The lowest BCUT2D eigenvalue weighted by molar-refractivity contribution is -0.151. The molecule has 0 aromatic heterocycles. The smallest absolute Gasteiger partial charge is 0.161 e. The van der Waals surface area contributed by atoms with Gasteiger partial charge in [-0.3, -0.25) is 0 Å². The van der Waals surface area contributed by atoms with Gasteiger partial charge in [0.2, 0.25) is 0 Å². The minimum Gasteiger partial charge on any atom is -0.490 e. The number of aliphatic hydroxyl groups is 1. The topological polar surface area (TPSA) is 47.9 Å². The molecular weight excluding hydrogens is 256 g/mol. The first kappa shape index (κ1) is 15.1. The summed E-state index contributed by atoms with van der Waals surface area (Å²) in [5.74, 6) is 1.39.